The minimum atomic E-state index is -0.531. The third-order valence-corrected chi connectivity index (χ3v) is 6.32. The second kappa shape index (κ2) is 10.3. The van der Waals surface area contributed by atoms with E-state index in [1.165, 1.54) is 22.7 Å². The number of halogens is 1. The molecule has 0 aromatic heterocycles. The van der Waals surface area contributed by atoms with Crippen LogP contribution in [-0.2, 0) is 22.4 Å². The minimum Gasteiger partial charge on any atom is -0.348 e. The molecule has 2 amide bonds. The third kappa shape index (κ3) is 5.19. The highest BCUT2D eigenvalue weighted by Gasteiger charge is 2.40. The lowest BCUT2D eigenvalue weighted by molar-refractivity contribution is -0.117. The number of hydrogen-bond acceptors (Lipinski definition) is 4. The molecule has 1 atom stereocenters. The number of hydrogen-bond donors (Lipinski definition) is 1. The quantitative estimate of drug-likeness (QED) is 0.378. The van der Waals surface area contributed by atoms with Gasteiger partial charge in [-0.15, -0.1) is 6.58 Å². The predicted molar refractivity (Wildman–Crippen MR) is 126 cm³/mol. The van der Waals surface area contributed by atoms with Crippen LogP contribution in [0.4, 0.5) is 5.69 Å². The Bertz CT molecular complexity index is 1070. The van der Waals surface area contributed by atoms with E-state index in [1.807, 2.05) is 48.5 Å². The first-order chi connectivity index (χ1) is 15.0. The highest BCUT2D eigenvalue weighted by Crippen LogP contribution is 2.42. The van der Waals surface area contributed by atoms with Gasteiger partial charge in [-0.3, -0.25) is 14.5 Å². The van der Waals surface area contributed by atoms with Gasteiger partial charge in [0.1, 0.15) is 16.7 Å². The molecule has 1 fully saturated rings. The predicted octanol–water partition coefficient (Wildman–Crippen LogP) is 4.63. The Balaban J connectivity index is 2.02. The first-order valence-corrected chi connectivity index (χ1v) is 11.1. The molecule has 0 saturated carbocycles. The molecule has 1 heterocycles. The summed E-state index contributed by atoms with van der Waals surface area (Å²) >= 11 is 7.33. The lowest BCUT2D eigenvalue weighted by Gasteiger charge is -2.19. The molecule has 1 N–H and O–H groups in total. The number of nitriles is 1. The molecular weight excluding hydrogens is 430 g/mol. The normalized spacial score (nSPS) is 17.3. The molecular formula is C24H22ClN3O2S. The van der Waals surface area contributed by atoms with Crippen molar-refractivity contribution in [1.29, 1.82) is 5.26 Å². The Morgan fingerprint density at radius 1 is 1.29 bits per heavy atom. The molecule has 1 aliphatic heterocycles. The maximum absolute atomic E-state index is 13.4. The van der Waals surface area contributed by atoms with Crippen LogP contribution < -0.4 is 10.2 Å². The zero-order valence-corrected chi connectivity index (χ0v) is 18.7. The van der Waals surface area contributed by atoms with Gasteiger partial charge in [-0.25, -0.2) is 0 Å². The molecule has 0 aliphatic carbocycles. The Hall–Kier alpha value is -3.01. The van der Waals surface area contributed by atoms with Crippen molar-refractivity contribution >= 4 is 40.9 Å². The summed E-state index contributed by atoms with van der Waals surface area (Å²) in [4.78, 5) is 27.5. The number of rotatable bonds is 7. The Kier molecular flexibility index (Phi) is 7.56. The molecule has 1 unspecified atom stereocenters. The molecule has 2 aromatic carbocycles. The maximum atomic E-state index is 13.4. The average molecular weight is 452 g/mol. The molecule has 1 aliphatic rings. The minimum absolute atomic E-state index is 0.0895. The fourth-order valence-corrected chi connectivity index (χ4v) is 4.76. The van der Waals surface area contributed by atoms with Crippen LogP contribution in [0.3, 0.4) is 0 Å². The molecule has 0 spiro atoms. The summed E-state index contributed by atoms with van der Waals surface area (Å²) in [7, 11) is 0. The maximum Gasteiger partial charge on any atom is 0.264 e. The van der Waals surface area contributed by atoms with Crippen molar-refractivity contribution in [3.8, 4) is 6.07 Å². The van der Waals surface area contributed by atoms with Gasteiger partial charge in [0.2, 0.25) is 5.91 Å². The number of aryl methyl sites for hydroxylation is 1. The molecule has 0 bridgehead atoms. The van der Waals surface area contributed by atoms with Crippen LogP contribution in [0.15, 0.2) is 71.8 Å². The zero-order chi connectivity index (χ0) is 22.4. The number of nitrogens with zero attached hydrogens (tertiary/aromatic N) is 2. The van der Waals surface area contributed by atoms with Crippen LogP contribution in [-0.4, -0.2) is 23.6 Å². The largest absolute Gasteiger partial charge is 0.348 e. The van der Waals surface area contributed by atoms with Gasteiger partial charge in [-0.05, 0) is 48.2 Å². The number of thioether (sulfide) groups is 1. The SMILES string of the molecule is C=CCNC(=O)/C(C#N)=C1\SC(Cc2cccc(Cl)c2)C(=O)N1c1ccc(CC)cc1. The fourth-order valence-electron chi connectivity index (χ4n) is 3.23. The highest BCUT2D eigenvalue weighted by molar-refractivity contribution is 8.05. The van der Waals surface area contributed by atoms with E-state index in [1.54, 1.807) is 6.07 Å². The van der Waals surface area contributed by atoms with E-state index in [0.717, 1.165) is 17.5 Å². The summed E-state index contributed by atoms with van der Waals surface area (Å²) in [6.07, 6.45) is 2.84. The van der Waals surface area contributed by atoms with Gasteiger partial charge >= 0.3 is 0 Å². The first kappa shape index (κ1) is 22.7. The van der Waals surface area contributed by atoms with Crippen LogP contribution in [0, 0.1) is 11.3 Å². The number of carbonyl (C=O) groups is 2. The van der Waals surface area contributed by atoms with Crippen molar-refractivity contribution in [2.45, 2.75) is 25.0 Å². The zero-order valence-electron chi connectivity index (χ0n) is 17.1. The van der Waals surface area contributed by atoms with Crippen molar-refractivity contribution in [3.05, 3.63) is 87.9 Å². The molecule has 1 saturated heterocycles. The van der Waals surface area contributed by atoms with Crippen molar-refractivity contribution in [2.24, 2.45) is 0 Å². The number of amides is 2. The third-order valence-electron chi connectivity index (χ3n) is 4.83. The van der Waals surface area contributed by atoms with Crippen molar-refractivity contribution in [2.75, 3.05) is 11.4 Å². The molecule has 31 heavy (non-hydrogen) atoms. The van der Waals surface area contributed by atoms with Gasteiger partial charge in [0.25, 0.3) is 5.91 Å². The Morgan fingerprint density at radius 3 is 2.65 bits per heavy atom. The lowest BCUT2D eigenvalue weighted by Crippen LogP contribution is -2.32. The number of carbonyl (C=O) groups excluding carboxylic acids is 2. The lowest BCUT2D eigenvalue weighted by atomic mass is 10.1. The summed E-state index contributed by atoms with van der Waals surface area (Å²) in [6, 6.07) is 16.9. The number of benzene rings is 2. The van der Waals surface area contributed by atoms with Gasteiger partial charge in [-0.1, -0.05) is 60.6 Å². The highest BCUT2D eigenvalue weighted by atomic mass is 35.5. The van der Waals surface area contributed by atoms with Crippen LogP contribution >= 0.6 is 23.4 Å². The van der Waals surface area contributed by atoms with Gasteiger partial charge in [-0.2, -0.15) is 5.26 Å². The van der Waals surface area contributed by atoms with Crippen LogP contribution in [0.1, 0.15) is 18.1 Å². The van der Waals surface area contributed by atoms with E-state index in [2.05, 4.69) is 18.8 Å². The van der Waals surface area contributed by atoms with Crippen molar-refractivity contribution in [3.63, 3.8) is 0 Å². The van der Waals surface area contributed by atoms with Crippen molar-refractivity contribution in [1.82, 2.24) is 5.32 Å². The van der Waals surface area contributed by atoms with E-state index in [-0.39, 0.29) is 18.0 Å². The summed E-state index contributed by atoms with van der Waals surface area (Å²) in [5.74, 6) is -0.704. The monoisotopic (exact) mass is 451 g/mol. The number of nitrogens with one attached hydrogen (secondary N) is 1. The molecule has 158 valence electrons. The molecule has 3 rings (SSSR count). The topological polar surface area (TPSA) is 73.2 Å². The van der Waals surface area contributed by atoms with Crippen molar-refractivity contribution < 1.29 is 9.59 Å². The average Bonchev–Trinajstić information content (AvgIpc) is 3.08. The molecule has 5 nitrogen and oxygen atoms in total. The summed E-state index contributed by atoms with van der Waals surface area (Å²) in [6.45, 7) is 5.86. The number of anilines is 1. The first-order valence-electron chi connectivity index (χ1n) is 9.86. The van der Waals surface area contributed by atoms with Gasteiger partial charge in [0.15, 0.2) is 0 Å². The summed E-state index contributed by atoms with van der Waals surface area (Å²) < 4.78 is 0. The van der Waals surface area contributed by atoms with E-state index in [4.69, 9.17) is 11.6 Å². The standard InChI is InChI=1S/C24H22ClN3O2S/c1-3-12-27-22(29)20(15-26)24-28(19-10-8-16(4-2)9-11-19)23(30)21(31-24)14-17-6-5-7-18(25)13-17/h3,5-11,13,21H,1,4,12,14H2,2H3,(H,27,29)/b24-20-. The second-order valence-electron chi connectivity index (χ2n) is 6.92. The summed E-state index contributed by atoms with van der Waals surface area (Å²) in [5, 5.41) is 12.8. The second-order valence-corrected chi connectivity index (χ2v) is 8.55. The fraction of sp³-hybridized carbons (Fsp3) is 0.208. The van der Waals surface area contributed by atoms with Crippen LogP contribution in [0.5, 0.6) is 0 Å². The van der Waals surface area contributed by atoms with E-state index >= 15 is 0 Å². The van der Waals surface area contributed by atoms with E-state index in [9.17, 15) is 14.9 Å². The Labute approximate surface area is 191 Å². The van der Waals surface area contributed by atoms with Crippen LogP contribution in [0.25, 0.3) is 0 Å². The molecule has 0 radical (unpaired) electrons. The summed E-state index contributed by atoms with van der Waals surface area (Å²) in [5.41, 5.74) is 2.58. The molecule has 2 aromatic rings. The molecule has 7 heteroatoms. The van der Waals surface area contributed by atoms with Gasteiger partial charge in [0.05, 0.1) is 5.25 Å². The van der Waals surface area contributed by atoms with E-state index < -0.39 is 11.2 Å². The van der Waals surface area contributed by atoms with Crippen LogP contribution in [0.2, 0.25) is 5.02 Å². The smallest absolute Gasteiger partial charge is 0.264 e. The van der Waals surface area contributed by atoms with E-state index in [0.29, 0.717) is 22.2 Å². The van der Waals surface area contributed by atoms with Gasteiger partial charge in [0, 0.05) is 17.3 Å². The Morgan fingerprint density at radius 2 is 2.03 bits per heavy atom. The van der Waals surface area contributed by atoms with Gasteiger partial charge < -0.3 is 5.32 Å².